The number of fused-ring (bicyclic) bond motifs is 11. The Balaban J connectivity index is 0.902. The average Bonchev–Trinajstić information content (AvgIpc) is 4.13. The fraction of sp³-hybridized carbons (Fsp3) is 0. The SMILES string of the molecule is c1ccc(-c2ccc3sc4cc(-c5cccc(-n6c7ccccc7c7ccc8c9ccccc9n(-c9cccc%10c(-c%11cccc(-c%12cccc(-c%13ccccc%13)n%12)c%11)ccnc9%10)c8c76)n5)ccc4c3c2)cc1. The monoisotopic (exact) mass is 947 g/mol. The van der Waals surface area contributed by atoms with E-state index >= 15 is 0 Å². The Labute approximate surface area is 424 Å². The lowest BCUT2D eigenvalue weighted by molar-refractivity contribution is 1.08. The van der Waals surface area contributed by atoms with Gasteiger partial charge in [-0.15, -0.1) is 11.3 Å². The summed E-state index contributed by atoms with van der Waals surface area (Å²) in [6.45, 7) is 0. The molecule has 0 aliphatic carbocycles. The molecule has 6 aromatic heterocycles. The van der Waals surface area contributed by atoms with Crippen LogP contribution in [0.25, 0.3) is 142 Å². The van der Waals surface area contributed by atoms with E-state index in [1.165, 1.54) is 47.5 Å². The van der Waals surface area contributed by atoms with Gasteiger partial charge in [0.25, 0.3) is 0 Å². The number of hydrogen-bond donors (Lipinski definition) is 0. The molecular formula is C67H41N5S. The largest absolute Gasteiger partial charge is 0.305 e. The first-order valence-corrected chi connectivity index (χ1v) is 25.5. The zero-order valence-corrected chi connectivity index (χ0v) is 40.1. The second-order valence-corrected chi connectivity index (χ2v) is 19.8. The molecule has 0 saturated heterocycles. The molecule has 340 valence electrons. The van der Waals surface area contributed by atoms with Gasteiger partial charge in [-0.3, -0.25) is 9.55 Å². The number of para-hydroxylation sites is 3. The Bertz CT molecular complexity index is 4680. The van der Waals surface area contributed by atoms with Gasteiger partial charge in [0.15, 0.2) is 0 Å². The molecule has 0 N–H and O–H groups in total. The highest BCUT2D eigenvalue weighted by Crippen LogP contribution is 2.44. The summed E-state index contributed by atoms with van der Waals surface area (Å²) >= 11 is 1.84. The summed E-state index contributed by atoms with van der Waals surface area (Å²) in [6.07, 6.45) is 1.95. The summed E-state index contributed by atoms with van der Waals surface area (Å²) < 4.78 is 7.35. The second kappa shape index (κ2) is 16.6. The maximum absolute atomic E-state index is 5.55. The molecule has 6 heterocycles. The van der Waals surface area contributed by atoms with Crippen LogP contribution in [-0.4, -0.2) is 24.1 Å². The van der Waals surface area contributed by atoms with E-state index < -0.39 is 0 Å². The zero-order chi connectivity index (χ0) is 48.0. The number of thiophene rings is 1. The molecule has 0 aliphatic rings. The predicted octanol–water partition coefficient (Wildman–Crippen LogP) is 17.9. The van der Waals surface area contributed by atoms with Gasteiger partial charge in [0.2, 0.25) is 0 Å². The molecule has 0 amide bonds. The van der Waals surface area contributed by atoms with Crippen LogP contribution < -0.4 is 0 Å². The Hall–Kier alpha value is -9.49. The third-order valence-corrected chi connectivity index (χ3v) is 15.7. The van der Waals surface area contributed by atoms with E-state index in [0.717, 1.165) is 94.8 Å². The smallest absolute Gasteiger partial charge is 0.138 e. The molecule has 6 heteroatoms. The minimum absolute atomic E-state index is 0.860. The van der Waals surface area contributed by atoms with Crippen LogP contribution in [0.3, 0.4) is 0 Å². The fourth-order valence-electron chi connectivity index (χ4n) is 11.2. The molecule has 0 radical (unpaired) electrons. The predicted molar refractivity (Wildman–Crippen MR) is 306 cm³/mol. The summed E-state index contributed by atoms with van der Waals surface area (Å²) in [5, 5.41) is 8.30. The molecule has 0 fully saturated rings. The van der Waals surface area contributed by atoms with Crippen molar-refractivity contribution in [1.29, 1.82) is 0 Å². The number of nitrogens with zero attached hydrogens (tertiary/aromatic N) is 5. The molecule has 0 saturated carbocycles. The van der Waals surface area contributed by atoms with Crippen LogP contribution in [0.4, 0.5) is 0 Å². The molecular weight excluding hydrogens is 907 g/mol. The lowest BCUT2D eigenvalue weighted by Gasteiger charge is -2.15. The van der Waals surface area contributed by atoms with Crippen LogP contribution in [0.15, 0.2) is 249 Å². The molecule has 0 atom stereocenters. The van der Waals surface area contributed by atoms with Crippen LogP contribution in [0.2, 0.25) is 0 Å². The standard InChI is InChI=1S/C67H41N5S/c1-3-15-42(16-4-1)44-32-36-62-55(40-44)51-33-31-47(41-63(51)73-62)58-26-14-30-64(70-58)72-60-28-10-8-22-50(60)54-35-34-53-49-21-7-9-27-59(49)71(66(53)67(54)72)61-29-12-23-52-48(37-38-68-65(52)61)45-19-11-20-46(39-45)57-25-13-24-56(69-57)43-17-5-2-6-18-43/h1-41H. The minimum atomic E-state index is 0.860. The highest BCUT2D eigenvalue weighted by Gasteiger charge is 2.23. The van der Waals surface area contributed by atoms with Crippen molar-refractivity contribution < 1.29 is 0 Å². The molecule has 15 aromatic rings. The molecule has 0 bridgehead atoms. The van der Waals surface area contributed by atoms with Crippen molar-refractivity contribution in [3.8, 4) is 67.5 Å². The Morgan fingerprint density at radius 1 is 0.315 bits per heavy atom. The van der Waals surface area contributed by atoms with Gasteiger partial charge < -0.3 is 4.57 Å². The molecule has 15 rings (SSSR count). The van der Waals surface area contributed by atoms with Gasteiger partial charge >= 0.3 is 0 Å². The van der Waals surface area contributed by atoms with Gasteiger partial charge in [-0.05, 0) is 95.1 Å². The summed E-state index contributed by atoms with van der Waals surface area (Å²) in [6, 6.07) is 86.9. The average molecular weight is 948 g/mol. The third kappa shape index (κ3) is 6.65. The van der Waals surface area contributed by atoms with Crippen molar-refractivity contribution in [2.24, 2.45) is 0 Å². The maximum atomic E-state index is 5.55. The number of benzene rings is 9. The van der Waals surface area contributed by atoms with Crippen molar-refractivity contribution in [3.63, 3.8) is 0 Å². The van der Waals surface area contributed by atoms with E-state index in [4.69, 9.17) is 15.0 Å². The third-order valence-electron chi connectivity index (χ3n) is 14.6. The lowest BCUT2D eigenvalue weighted by atomic mass is 9.98. The van der Waals surface area contributed by atoms with E-state index in [0.29, 0.717) is 0 Å². The highest BCUT2D eigenvalue weighted by atomic mass is 32.1. The van der Waals surface area contributed by atoms with Crippen molar-refractivity contribution >= 4 is 86.0 Å². The summed E-state index contributed by atoms with van der Waals surface area (Å²) in [7, 11) is 0. The summed E-state index contributed by atoms with van der Waals surface area (Å²) in [4.78, 5) is 15.9. The Kier molecular flexibility index (Phi) is 9.37. The topological polar surface area (TPSA) is 48.5 Å². The van der Waals surface area contributed by atoms with Crippen LogP contribution in [0.1, 0.15) is 0 Å². The highest BCUT2D eigenvalue weighted by molar-refractivity contribution is 7.25. The van der Waals surface area contributed by atoms with E-state index in [2.05, 4.69) is 246 Å². The molecule has 0 spiro atoms. The van der Waals surface area contributed by atoms with Crippen molar-refractivity contribution in [2.75, 3.05) is 0 Å². The Morgan fingerprint density at radius 2 is 0.890 bits per heavy atom. The van der Waals surface area contributed by atoms with Crippen molar-refractivity contribution in [3.05, 3.63) is 249 Å². The maximum Gasteiger partial charge on any atom is 0.138 e. The number of aromatic nitrogens is 5. The van der Waals surface area contributed by atoms with Gasteiger partial charge in [-0.2, -0.15) is 0 Å². The van der Waals surface area contributed by atoms with Crippen LogP contribution in [0.5, 0.6) is 0 Å². The van der Waals surface area contributed by atoms with Gasteiger partial charge in [0.1, 0.15) is 5.82 Å². The van der Waals surface area contributed by atoms with Gasteiger partial charge in [0, 0.05) is 70.0 Å². The van der Waals surface area contributed by atoms with Gasteiger partial charge in [-0.1, -0.05) is 170 Å². The normalized spacial score (nSPS) is 11.8. The summed E-state index contributed by atoms with van der Waals surface area (Å²) in [5.41, 5.74) is 17.1. The van der Waals surface area contributed by atoms with Gasteiger partial charge in [-0.25, -0.2) is 9.97 Å². The molecule has 5 nitrogen and oxygen atoms in total. The summed E-state index contributed by atoms with van der Waals surface area (Å²) in [5.74, 6) is 0.860. The van der Waals surface area contributed by atoms with Crippen LogP contribution in [0, 0.1) is 0 Å². The fourth-order valence-corrected chi connectivity index (χ4v) is 12.4. The van der Waals surface area contributed by atoms with E-state index in [-0.39, 0.29) is 0 Å². The van der Waals surface area contributed by atoms with Gasteiger partial charge in [0.05, 0.1) is 50.4 Å². The van der Waals surface area contributed by atoms with Crippen LogP contribution in [-0.2, 0) is 0 Å². The quantitative estimate of drug-likeness (QED) is 0.160. The van der Waals surface area contributed by atoms with E-state index in [1.54, 1.807) is 0 Å². The lowest BCUT2D eigenvalue weighted by Crippen LogP contribution is -2.02. The molecule has 0 unspecified atom stereocenters. The van der Waals surface area contributed by atoms with E-state index in [9.17, 15) is 0 Å². The molecule has 73 heavy (non-hydrogen) atoms. The zero-order valence-electron chi connectivity index (χ0n) is 39.3. The first-order chi connectivity index (χ1) is 36.2. The minimum Gasteiger partial charge on any atom is -0.305 e. The van der Waals surface area contributed by atoms with E-state index in [1.807, 2.05) is 23.6 Å². The first kappa shape index (κ1) is 41.3. The number of hydrogen-bond acceptors (Lipinski definition) is 4. The molecule has 9 aromatic carbocycles. The molecule has 0 aliphatic heterocycles. The van der Waals surface area contributed by atoms with Crippen LogP contribution >= 0.6 is 11.3 Å². The first-order valence-electron chi connectivity index (χ1n) is 24.7. The Morgan fingerprint density at radius 3 is 1.68 bits per heavy atom. The van der Waals surface area contributed by atoms with Crippen molar-refractivity contribution in [1.82, 2.24) is 24.1 Å². The number of rotatable bonds is 7. The van der Waals surface area contributed by atoms with Crippen molar-refractivity contribution in [2.45, 2.75) is 0 Å². The number of pyridine rings is 3. The second-order valence-electron chi connectivity index (χ2n) is 18.7.